The fourth-order valence-corrected chi connectivity index (χ4v) is 4.55. The predicted octanol–water partition coefficient (Wildman–Crippen LogP) is 2.64. The molecule has 0 spiro atoms. The van der Waals surface area contributed by atoms with Gasteiger partial charge >= 0.3 is 0 Å². The van der Waals surface area contributed by atoms with Gasteiger partial charge in [-0.15, -0.1) is 0 Å². The number of nitrogen functional groups attached to an aromatic ring is 1. The van der Waals surface area contributed by atoms with E-state index in [0.717, 1.165) is 23.3 Å². The monoisotopic (exact) mass is 320 g/mol. The van der Waals surface area contributed by atoms with Crippen LogP contribution in [0.3, 0.4) is 0 Å². The van der Waals surface area contributed by atoms with Gasteiger partial charge in [-0.25, -0.2) is 4.39 Å². The van der Waals surface area contributed by atoms with Crippen molar-refractivity contribution in [1.82, 2.24) is 5.32 Å². The number of rotatable bonds is 3. The third-order valence-electron chi connectivity index (χ3n) is 2.71. The van der Waals surface area contributed by atoms with Gasteiger partial charge in [-0.05, 0) is 12.1 Å². The van der Waals surface area contributed by atoms with Crippen molar-refractivity contribution in [3.05, 3.63) is 28.5 Å². The molecule has 19 heavy (non-hydrogen) atoms. The van der Waals surface area contributed by atoms with E-state index in [-0.39, 0.29) is 22.2 Å². The molecule has 1 aromatic rings. The van der Waals surface area contributed by atoms with Crippen LogP contribution in [0.5, 0.6) is 0 Å². The quantitative estimate of drug-likeness (QED) is 0.841. The number of nitrogens with one attached hydrogen (secondary N) is 1. The van der Waals surface area contributed by atoms with Crippen LogP contribution in [0.25, 0.3) is 0 Å². The molecular weight excluding hydrogens is 307 g/mol. The molecule has 3 nitrogen and oxygen atoms in total. The van der Waals surface area contributed by atoms with E-state index in [1.54, 1.807) is 0 Å². The van der Waals surface area contributed by atoms with Crippen LogP contribution < -0.4 is 11.1 Å². The van der Waals surface area contributed by atoms with Crippen LogP contribution in [-0.2, 0) is 0 Å². The third-order valence-corrected chi connectivity index (χ3v) is 5.78. The average molecular weight is 321 g/mol. The first-order chi connectivity index (χ1) is 9.08. The SMILES string of the molecule is Nc1c(F)cc(Cl)cc1C(=O)NCC1CSCCS1. The summed E-state index contributed by atoms with van der Waals surface area (Å²) in [7, 11) is 0. The zero-order valence-electron chi connectivity index (χ0n) is 10.1. The first-order valence-electron chi connectivity index (χ1n) is 5.80. The van der Waals surface area contributed by atoms with Gasteiger partial charge in [0.05, 0.1) is 11.3 Å². The third kappa shape index (κ3) is 3.94. The van der Waals surface area contributed by atoms with E-state index >= 15 is 0 Å². The highest BCUT2D eigenvalue weighted by Crippen LogP contribution is 2.24. The summed E-state index contributed by atoms with van der Waals surface area (Å²) in [6.45, 7) is 0.560. The van der Waals surface area contributed by atoms with Gasteiger partial charge in [-0.1, -0.05) is 11.6 Å². The maximum Gasteiger partial charge on any atom is 0.253 e. The van der Waals surface area contributed by atoms with Gasteiger partial charge in [-0.2, -0.15) is 23.5 Å². The number of anilines is 1. The Morgan fingerprint density at radius 1 is 1.53 bits per heavy atom. The number of nitrogens with two attached hydrogens (primary N) is 1. The van der Waals surface area contributed by atoms with Gasteiger partial charge in [0.15, 0.2) is 0 Å². The van der Waals surface area contributed by atoms with Crippen molar-refractivity contribution in [1.29, 1.82) is 0 Å². The molecule has 0 saturated carbocycles. The van der Waals surface area contributed by atoms with E-state index in [4.69, 9.17) is 17.3 Å². The molecule has 1 atom stereocenters. The van der Waals surface area contributed by atoms with Gasteiger partial charge in [0.2, 0.25) is 0 Å². The molecule has 1 unspecified atom stereocenters. The zero-order valence-corrected chi connectivity index (χ0v) is 12.5. The van der Waals surface area contributed by atoms with Crippen LogP contribution in [0.15, 0.2) is 12.1 Å². The van der Waals surface area contributed by atoms with E-state index in [1.165, 1.54) is 6.07 Å². The fraction of sp³-hybridized carbons (Fsp3) is 0.417. The summed E-state index contributed by atoms with van der Waals surface area (Å²) in [6.07, 6.45) is 0. The van der Waals surface area contributed by atoms with E-state index in [9.17, 15) is 9.18 Å². The minimum atomic E-state index is -0.666. The molecule has 1 saturated heterocycles. The molecule has 104 valence electrons. The van der Waals surface area contributed by atoms with Crippen molar-refractivity contribution in [3.63, 3.8) is 0 Å². The number of benzene rings is 1. The van der Waals surface area contributed by atoms with Crippen molar-refractivity contribution in [2.24, 2.45) is 0 Å². The predicted molar refractivity (Wildman–Crippen MR) is 81.7 cm³/mol. The first-order valence-corrected chi connectivity index (χ1v) is 8.38. The Labute approximate surface area is 124 Å². The lowest BCUT2D eigenvalue weighted by molar-refractivity contribution is 0.0955. The summed E-state index contributed by atoms with van der Waals surface area (Å²) in [6, 6.07) is 2.49. The van der Waals surface area contributed by atoms with Crippen LogP contribution >= 0.6 is 35.1 Å². The van der Waals surface area contributed by atoms with Crippen molar-refractivity contribution in [2.75, 3.05) is 29.5 Å². The van der Waals surface area contributed by atoms with Crippen molar-refractivity contribution >= 4 is 46.7 Å². The molecule has 0 radical (unpaired) electrons. The summed E-state index contributed by atoms with van der Waals surface area (Å²) in [4.78, 5) is 12.0. The molecule has 1 aliphatic heterocycles. The Hall–Kier alpha value is -0.590. The van der Waals surface area contributed by atoms with Crippen LogP contribution in [0.2, 0.25) is 5.02 Å². The number of hydrogen-bond acceptors (Lipinski definition) is 4. The Morgan fingerprint density at radius 3 is 3.00 bits per heavy atom. The van der Waals surface area contributed by atoms with Gasteiger partial charge in [0.1, 0.15) is 5.82 Å². The highest BCUT2D eigenvalue weighted by atomic mass is 35.5. The Bertz CT molecular complexity index is 481. The lowest BCUT2D eigenvalue weighted by Gasteiger charge is -2.21. The smallest absolute Gasteiger partial charge is 0.253 e. The van der Waals surface area contributed by atoms with Crippen molar-refractivity contribution < 1.29 is 9.18 Å². The highest BCUT2D eigenvalue weighted by molar-refractivity contribution is 8.06. The van der Waals surface area contributed by atoms with Crippen LogP contribution in [0.1, 0.15) is 10.4 Å². The zero-order chi connectivity index (χ0) is 13.8. The average Bonchev–Trinajstić information content (AvgIpc) is 2.41. The van der Waals surface area contributed by atoms with E-state index in [1.807, 2.05) is 23.5 Å². The summed E-state index contributed by atoms with van der Waals surface area (Å²) in [5.41, 5.74) is 5.49. The van der Waals surface area contributed by atoms with Crippen molar-refractivity contribution in [3.8, 4) is 0 Å². The maximum absolute atomic E-state index is 13.4. The van der Waals surface area contributed by atoms with Crippen molar-refractivity contribution in [2.45, 2.75) is 5.25 Å². The molecule has 2 rings (SSSR count). The number of halogens is 2. The lowest BCUT2D eigenvalue weighted by Crippen LogP contribution is -2.33. The number of thioether (sulfide) groups is 2. The second-order valence-electron chi connectivity index (χ2n) is 4.13. The Balaban J connectivity index is 1.99. The second-order valence-corrected chi connectivity index (χ2v) is 7.12. The number of carbonyl (C=O) groups excluding carboxylic acids is 1. The van der Waals surface area contributed by atoms with Crippen LogP contribution in [-0.4, -0.2) is 35.0 Å². The molecule has 0 aromatic heterocycles. The molecule has 1 aromatic carbocycles. The fourth-order valence-electron chi connectivity index (χ4n) is 1.73. The molecule has 0 bridgehead atoms. The molecule has 1 amide bonds. The summed E-state index contributed by atoms with van der Waals surface area (Å²) in [5.74, 6) is 2.22. The largest absolute Gasteiger partial charge is 0.396 e. The molecule has 1 fully saturated rings. The summed E-state index contributed by atoms with van der Waals surface area (Å²) in [5, 5.41) is 3.35. The van der Waals surface area contributed by atoms with Crippen LogP contribution in [0.4, 0.5) is 10.1 Å². The number of amides is 1. The lowest BCUT2D eigenvalue weighted by atomic mass is 10.1. The van der Waals surface area contributed by atoms with Gasteiger partial charge in [0, 0.05) is 34.1 Å². The first kappa shape index (κ1) is 14.8. The summed E-state index contributed by atoms with van der Waals surface area (Å²) >= 11 is 9.46. The Kier molecular flexibility index (Phi) is 5.24. The summed E-state index contributed by atoms with van der Waals surface area (Å²) < 4.78 is 13.4. The maximum atomic E-state index is 13.4. The molecule has 1 aliphatic rings. The van der Waals surface area contributed by atoms with Gasteiger partial charge < -0.3 is 11.1 Å². The number of carbonyl (C=O) groups is 1. The van der Waals surface area contributed by atoms with Gasteiger partial charge in [0.25, 0.3) is 5.91 Å². The minimum Gasteiger partial charge on any atom is -0.396 e. The van der Waals surface area contributed by atoms with E-state index < -0.39 is 5.82 Å². The molecule has 3 N–H and O–H groups in total. The second kappa shape index (κ2) is 6.72. The van der Waals surface area contributed by atoms with Crippen LogP contribution in [0, 0.1) is 5.82 Å². The molecule has 0 aliphatic carbocycles. The van der Waals surface area contributed by atoms with Gasteiger partial charge in [-0.3, -0.25) is 4.79 Å². The Morgan fingerprint density at radius 2 is 2.32 bits per heavy atom. The molecule has 1 heterocycles. The van der Waals surface area contributed by atoms with E-state index in [2.05, 4.69) is 5.32 Å². The van der Waals surface area contributed by atoms with E-state index in [0.29, 0.717) is 11.8 Å². The minimum absolute atomic E-state index is 0.0958. The molecular formula is C12H14ClFN2OS2. The topological polar surface area (TPSA) is 55.1 Å². The normalized spacial score (nSPS) is 19.2. The number of hydrogen-bond donors (Lipinski definition) is 2. The standard InChI is InChI=1S/C12H14ClFN2OS2/c13-7-3-9(11(15)10(14)4-7)12(17)16-5-8-6-18-1-2-19-8/h3-4,8H,1-2,5-6,15H2,(H,16,17). The molecule has 7 heteroatoms. The highest BCUT2D eigenvalue weighted by Gasteiger charge is 2.18.